The summed E-state index contributed by atoms with van der Waals surface area (Å²) in [7, 11) is 0. The van der Waals surface area contributed by atoms with Gasteiger partial charge >= 0.3 is 0 Å². The minimum Gasteiger partial charge on any atom is -0.294 e. The van der Waals surface area contributed by atoms with Gasteiger partial charge in [0, 0.05) is 18.0 Å². The van der Waals surface area contributed by atoms with Crippen LogP contribution in [0.1, 0.15) is 16.1 Å². The maximum atomic E-state index is 12.1. The van der Waals surface area contributed by atoms with Crippen molar-refractivity contribution in [1.29, 1.82) is 0 Å². The minimum absolute atomic E-state index is 0.0375. The van der Waals surface area contributed by atoms with Crippen molar-refractivity contribution >= 4 is 5.78 Å². The number of ketones is 1. The topological polar surface area (TPSA) is 55.7 Å². The Morgan fingerprint density at radius 2 is 1.62 bits per heavy atom. The molecule has 21 heavy (non-hydrogen) atoms. The first-order chi connectivity index (χ1) is 10.3. The Hall–Kier alpha value is -2.88. The predicted octanol–water partition coefficient (Wildman–Crippen LogP) is 2.96. The van der Waals surface area contributed by atoms with E-state index >= 15 is 0 Å². The fourth-order valence-corrected chi connectivity index (χ4v) is 1.98. The summed E-state index contributed by atoms with van der Waals surface area (Å²) in [5.41, 5.74) is 2.81. The van der Waals surface area contributed by atoms with E-state index in [9.17, 15) is 4.79 Å². The van der Waals surface area contributed by atoms with Gasteiger partial charge in [0.05, 0.1) is 24.0 Å². The van der Waals surface area contributed by atoms with Gasteiger partial charge in [-0.1, -0.05) is 36.4 Å². The third-order valence-electron chi connectivity index (χ3n) is 3.07. The van der Waals surface area contributed by atoms with Crippen LogP contribution in [-0.2, 0) is 6.42 Å². The average molecular weight is 275 g/mol. The quantitative estimate of drug-likeness (QED) is 0.687. The molecule has 0 radical (unpaired) electrons. The van der Waals surface area contributed by atoms with Crippen LogP contribution in [0.5, 0.6) is 0 Å². The number of hydrogen-bond donors (Lipinski definition) is 0. The van der Waals surface area contributed by atoms with Crippen molar-refractivity contribution in [2.24, 2.45) is 0 Å². The summed E-state index contributed by atoms with van der Waals surface area (Å²) in [6.07, 6.45) is 5.24. The lowest BCUT2D eigenvalue weighted by molar-refractivity contribution is 0.0992. The molecule has 0 saturated carbocycles. The zero-order chi connectivity index (χ0) is 14.5. The molecule has 0 aliphatic carbocycles. The first-order valence-electron chi connectivity index (χ1n) is 6.63. The highest BCUT2D eigenvalue weighted by molar-refractivity contribution is 5.97. The molecule has 0 bridgehead atoms. The van der Waals surface area contributed by atoms with Gasteiger partial charge in [0.15, 0.2) is 5.78 Å². The van der Waals surface area contributed by atoms with Crippen molar-refractivity contribution in [1.82, 2.24) is 15.0 Å². The van der Waals surface area contributed by atoms with Gasteiger partial charge < -0.3 is 0 Å². The van der Waals surface area contributed by atoms with Gasteiger partial charge in [-0.3, -0.25) is 19.7 Å². The number of aromatic nitrogens is 3. The molecule has 2 aromatic heterocycles. The van der Waals surface area contributed by atoms with Gasteiger partial charge in [-0.05, 0) is 12.1 Å². The van der Waals surface area contributed by atoms with Gasteiger partial charge in [0.1, 0.15) is 5.69 Å². The van der Waals surface area contributed by atoms with Crippen molar-refractivity contribution in [2.75, 3.05) is 0 Å². The zero-order valence-corrected chi connectivity index (χ0v) is 11.3. The monoisotopic (exact) mass is 275 g/mol. The normalized spacial score (nSPS) is 10.3. The number of carbonyl (C=O) groups excluding carboxylic acids is 1. The Morgan fingerprint density at radius 1 is 0.810 bits per heavy atom. The number of rotatable bonds is 4. The number of benzene rings is 1. The number of carbonyl (C=O) groups is 1. The highest BCUT2D eigenvalue weighted by atomic mass is 16.1. The molecule has 0 unspecified atom stereocenters. The highest BCUT2D eigenvalue weighted by Crippen LogP contribution is 2.12. The van der Waals surface area contributed by atoms with Crippen LogP contribution >= 0.6 is 0 Å². The standard InChI is InChI=1S/C17H13N3O/c21-17(13-6-2-1-3-7-13)10-14-11-20-16(12-19-14)15-8-4-5-9-18-15/h1-9,11-12H,10H2. The minimum atomic E-state index is 0.0375. The summed E-state index contributed by atoms with van der Waals surface area (Å²) >= 11 is 0. The highest BCUT2D eigenvalue weighted by Gasteiger charge is 2.08. The molecule has 3 rings (SSSR count). The molecule has 0 saturated heterocycles. The molecule has 2 heterocycles. The van der Waals surface area contributed by atoms with E-state index in [0.29, 0.717) is 17.0 Å². The van der Waals surface area contributed by atoms with E-state index in [0.717, 1.165) is 5.69 Å². The van der Waals surface area contributed by atoms with Crippen LogP contribution in [0.3, 0.4) is 0 Å². The number of pyridine rings is 1. The average Bonchev–Trinajstić information content (AvgIpc) is 2.57. The summed E-state index contributed by atoms with van der Waals surface area (Å²) in [6, 6.07) is 14.8. The number of hydrogen-bond acceptors (Lipinski definition) is 4. The number of Topliss-reactive ketones (excluding diaryl/α,β-unsaturated/α-hetero) is 1. The maximum absolute atomic E-state index is 12.1. The number of nitrogens with zero attached hydrogens (tertiary/aromatic N) is 3. The van der Waals surface area contributed by atoms with E-state index in [1.54, 1.807) is 30.7 Å². The molecule has 0 N–H and O–H groups in total. The molecule has 102 valence electrons. The second kappa shape index (κ2) is 6.05. The van der Waals surface area contributed by atoms with Crippen LogP contribution in [0, 0.1) is 0 Å². The molecule has 0 fully saturated rings. The molecular formula is C17H13N3O. The molecule has 0 spiro atoms. The molecule has 4 heteroatoms. The van der Waals surface area contributed by atoms with Gasteiger partial charge in [-0.25, -0.2) is 0 Å². The Labute approximate surface area is 122 Å². The molecular weight excluding hydrogens is 262 g/mol. The Kier molecular flexibility index (Phi) is 3.78. The summed E-state index contributed by atoms with van der Waals surface area (Å²) in [5, 5.41) is 0. The van der Waals surface area contributed by atoms with E-state index < -0.39 is 0 Å². The maximum Gasteiger partial charge on any atom is 0.168 e. The van der Waals surface area contributed by atoms with Gasteiger partial charge in [-0.15, -0.1) is 0 Å². The molecule has 1 aromatic carbocycles. The first-order valence-corrected chi connectivity index (χ1v) is 6.63. The van der Waals surface area contributed by atoms with E-state index in [2.05, 4.69) is 15.0 Å². The SMILES string of the molecule is O=C(Cc1cnc(-c2ccccn2)cn1)c1ccccc1. The smallest absolute Gasteiger partial charge is 0.168 e. The van der Waals surface area contributed by atoms with Crippen molar-refractivity contribution in [3.63, 3.8) is 0 Å². The van der Waals surface area contributed by atoms with E-state index in [1.807, 2.05) is 36.4 Å². The van der Waals surface area contributed by atoms with Gasteiger partial charge in [0.2, 0.25) is 0 Å². The fourth-order valence-electron chi connectivity index (χ4n) is 1.98. The second-order valence-corrected chi connectivity index (χ2v) is 4.57. The largest absolute Gasteiger partial charge is 0.294 e. The van der Waals surface area contributed by atoms with Crippen molar-refractivity contribution < 1.29 is 4.79 Å². The Bertz CT molecular complexity index is 725. The lowest BCUT2D eigenvalue weighted by Crippen LogP contribution is -2.05. The van der Waals surface area contributed by atoms with Crippen molar-refractivity contribution in [3.8, 4) is 11.4 Å². The summed E-state index contributed by atoms with van der Waals surface area (Å²) in [4.78, 5) is 24.9. The molecule has 0 aliphatic heterocycles. The lowest BCUT2D eigenvalue weighted by Gasteiger charge is -2.02. The second-order valence-electron chi connectivity index (χ2n) is 4.57. The van der Waals surface area contributed by atoms with Crippen LogP contribution in [0.2, 0.25) is 0 Å². The molecule has 0 atom stereocenters. The third-order valence-corrected chi connectivity index (χ3v) is 3.07. The van der Waals surface area contributed by atoms with E-state index in [4.69, 9.17) is 0 Å². The molecule has 4 nitrogen and oxygen atoms in total. The van der Waals surface area contributed by atoms with E-state index in [1.165, 1.54) is 0 Å². The fraction of sp³-hybridized carbons (Fsp3) is 0.0588. The van der Waals surface area contributed by atoms with Crippen molar-refractivity contribution in [3.05, 3.63) is 78.4 Å². The van der Waals surface area contributed by atoms with Crippen LogP contribution in [0.25, 0.3) is 11.4 Å². The predicted molar refractivity (Wildman–Crippen MR) is 79.7 cm³/mol. The first kappa shape index (κ1) is 13.1. The van der Waals surface area contributed by atoms with E-state index in [-0.39, 0.29) is 12.2 Å². The van der Waals surface area contributed by atoms with Crippen molar-refractivity contribution in [2.45, 2.75) is 6.42 Å². The van der Waals surface area contributed by atoms with Gasteiger partial charge in [-0.2, -0.15) is 0 Å². The van der Waals surface area contributed by atoms with Gasteiger partial charge in [0.25, 0.3) is 0 Å². The molecule has 0 amide bonds. The van der Waals surface area contributed by atoms with Crippen LogP contribution < -0.4 is 0 Å². The van der Waals surface area contributed by atoms with Crippen LogP contribution in [0.4, 0.5) is 0 Å². The zero-order valence-electron chi connectivity index (χ0n) is 11.3. The summed E-state index contributed by atoms with van der Waals surface area (Å²) in [6.45, 7) is 0. The van der Waals surface area contributed by atoms with Crippen LogP contribution in [0.15, 0.2) is 67.1 Å². The Morgan fingerprint density at radius 3 is 2.29 bits per heavy atom. The summed E-state index contributed by atoms with van der Waals surface area (Å²) < 4.78 is 0. The summed E-state index contributed by atoms with van der Waals surface area (Å²) in [5.74, 6) is 0.0375. The van der Waals surface area contributed by atoms with Crippen LogP contribution in [-0.4, -0.2) is 20.7 Å². The lowest BCUT2D eigenvalue weighted by atomic mass is 10.1. The molecule has 3 aromatic rings. The third kappa shape index (κ3) is 3.17. The Balaban J connectivity index is 1.75. The molecule has 0 aliphatic rings.